The monoisotopic (exact) mass is 277 g/mol. The highest BCUT2D eigenvalue weighted by atomic mass is 16.5. The fraction of sp³-hybridized carbons (Fsp3) is 0.533. The van der Waals surface area contributed by atoms with Gasteiger partial charge in [0.05, 0.1) is 6.10 Å². The summed E-state index contributed by atoms with van der Waals surface area (Å²) in [5.41, 5.74) is 1.18. The van der Waals surface area contributed by atoms with Crippen molar-refractivity contribution in [3.63, 3.8) is 0 Å². The van der Waals surface area contributed by atoms with Crippen molar-refractivity contribution in [2.24, 2.45) is 0 Å². The zero-order valence-electron chi connectivity index (χ0n) is 11.3. The van der Waals surface area contributed by atoms with Gasteiger partial charge in [0.15, 0.2) is 6.10 Å². The maximum atomic E-state index is 10.9. The lowest BCUT2D eigenvalue weighted by Crippen LogP contribution is -2.34. The minimum atomic E-state index is -0.850. The summed E-state index contributed by atoms with van der Waals surface area (Å²) in [6.07, 6.45) is 0.813. The average molecular weight is 277 g/mol. The van der Waals surface area contributed by atoms with E-state index in [0.29, 0.717) is 13.0 Å². The van der Waals surface area contributed by atoms with Gasteiger partial charge < -0.3 is 14.6 Å². The Morgan fingerprint density at radius 1 is 1.35 bits per heavy atom. The predicted molar refractivity (Wildman–Crippen MR) is 72.7 cm³/mol. The molecule has 2 heterocycles. The number of para-hydroxylation sites is 1. The van der Waals surface area contributed by atoms with E-state index >= 15 is 0 Å². The minimum absolute atomic E-state index is 0.0152. The number of rotatable bonds is 3. The van der Waals surface area contributed by atoms with Crippen molar-refractivity contribution in [2.45, 2.75) is 31.6 Å². The molecule has 2 atom stereocenters. The molecule has 1 aromatic carbocycles. The maximum absolute atomic E-state index is 10.9. The fourth-order valence-electron chi connectivity index (χ4n) is 2.85. The Labute approximate surface area is 118 Å². The second-order valence-electron chi connectivity index (χ2n) is 5.35. The van der Waals surface area contributed by atoms with E-state index in [0.717, 1.165) is 31.8 Å². The van der Waals surface area contributed by atoms with Crippen LogP contribution in [0.3, 0.4) is 0 Å². The SMILES string of the molecule is O=C(O)C1CCC(CN2CCOc3ccccc3C2)O1. The molecule has 1 fully saturated rings. The van der Waals surface area contributed by atoms with E-state index in [4.69, 9.17) is 14.6 Å². The summed E-state index contributed by atoms with van der Waals surface area (Å²) in [5.74, 6) is 0.0998. The number of benzene rings is 1. The number of fused-ring (bicyclic) bond motifs is 1. The van der Waals surface area contributed by atoms with Crippen molar-refractivity contribution in [1.29, 1.82) is 0 Å². The van der Waals surface area contributed by atoms with Gasteiger partial charge in [-0.1, -0.05) is 18.2 Å². The Hall–Kier alpha value is -1.59. The van der Waals surface area contributed by atoms with Gasteiger partial charge in [0.2, 0.25) is 0 Å². The van der Waals surface area contributed by atoms with Crippen LogP contribution in [0.15, 0.2) is 24.3 Å². The van der Waals surface area contributed by atoms with Crippen LogP contribution in [0.25, 0.3) is 0 Å². The summed E-state index contributed by atoms with van der Waals surface area (Å²) in [4.78, 5) is 13.2. The van der Waals surface area contributed by atoms with Crippen molar-refractivity contribution in [1.82, 2.24) is 4.90 Å². The number of carboxylic acids is 1. The number of carboxylic acid groups (broad SMARTS) is 1. The maximum Gasteiger partial charge on any atom is 0.332 e. The van der Waals surface area contributed by atoms with Crippen LogP contribution in [0.4, 0.5) is 0 Å². The first kappa shape index (κ1) is 13.4. The standard InChI is InChI=1S/C15H19NO4/c17-15(18)14-6-5-12(20-14)10-16-7-8-19-13-4-2-1-3-11(13)9-16/h1-4,12,14H,5-10H2,(H,17,18). The van der Waals surface area contributed by atoms with Crippen LogP contribution in [0.1, 0.15) is 18.4 Å². The van der Waals surface area contributed by atoms with Crippen molar-refractivity contribution in [2.75, 3.05) is 19.7 Å². The van der Waals surface area contributed by atoms with Crippen molar-refractivity contribution in [3.05, 3.63) is 29.8 Å². The molecule has 5 nitrogen and oxygen atoms in total. The van der Waals surface area contributed by atoms with Crippen LogP contribution in [0.2, 0.25) is 0 Å². The second kappa shape index (κ2) is 5.81. The van der Waals surface area contributed by atoms with Gasteiger partial charge in [-0.2, -0.15) is 0 Å². The molecule has 0 aliphatic carbocycles. The third kappa shape index (κ3) is 2.94. The first-order valence-corrected chi connectivity index (χ1v) is 7.03. The highest BCUT2D eigenvalue weighted by molar-refractivity contribution is 5.72. The molecule has 20 heavy (non-hydrogen) atoms. The molecular formula is C15H19NO4. The molecule has 2 aliphatic rings. The van der Waals surface area contributed by atoms with E-state index < -0.39 is 12.1 Å². The van der Waals surface area contributed by atoms with Gasteiger partial charge in [-0.25, -0.2) is 4.79 Å². The first-order chi connectivity index (χ1) is 9.72. The van der Waals surface area contributed by atoms with Crippen LogP contribution >= 0.6 is 0 Å². The van der Waals surface area contributed by atoms with E-state index in [1.807, 2.05) is 18.2 Å². The third-order valence-electron chi connectivity index (χ3n) is 3.88. The number of ether oxygens (including phenoxy) is 2. The van der Waals surface area contributed by atoms with Crippen LogP contribution in [0, 0.1) is 0 Å². The van der Waals surface area contributed by atoms with E-state index in [1.165, 1.54) is 5.56 Å². The summed E-state index contributed by atoms with van der Waals surface area (Å²) in [5, 5.41) is 8.95. The normalized spacial score (nSPS) is 26.6. The van der Waals surface area contributed by atoms with Crippen LogP contribution in [-0.2, 0) is 16.1 Å². The van der Waals surface area contributed by atoms with E-state index in [-0.39, 0.29) is 6.10 Å². The smallest absolute Gasteiger partial charge is 0.332 e. The lowest BCUT2D eigenvalue weighted by atomic mass is 10.1. The number of hydrogen-bond donors (Lipinski definition) is 1. The predicted octanol–water partition coefficient (Wildman–Crippen LogP) is 1.51. The topological polar surface area (TPSA) is 59.0 Å². The minimum Gasteiger partial charge on any atom is -0.492 e. The second-order valence-corrected chi connectivity index (χ2v) is 5.35. The van der Waals surface area contributed by atoms with Gasteiger partial charge in [0.25, 0.3) is 0 Å². The van der Waals surface area contributed by atoms with E-state index in [9.17, 15) is 4.79 Å². The van der Waals surface area contributed by atoms with Crippen molar-refractivity contribution >= 4 is 5.97 Å². The Bertz CT molecular complexity index is 491. The molecule has 0 spiro atoms. The fourth-order valence-corrected chi connectivity index (χ4v) is 2.85. The molecule has 1 saturated heterocycles. The van der Waals surface area contributed by atoms with Gasteiger partial charge in [0.1, 0.15) is 12.4 Å². The van der Waals surface area contributed by atoms with Crippen LogP contribution in [0.5, 0.6) is 5.75 Å². The molecular weight excluding hydrogens is 258 g/mol. The van der Waals surface area contributed by atoms with E-state index in [1.54, 1.807) is 0 Å². The molecule has 1 aromatic rings. The molecule has 0 aromatic heterocycles. The average Bonchev–Trinajstić information content (AvgIpc) is 2.80. The van der Waals surface area contributed by atoms with Crippen molar-refractivity contribution in [3.8, 4) is 5.75 Å². The molecule has 0 radical (unpaired) electrons. The van der Waals surface area contributed by atoms with Crippen LogP contribution < -0.4 is 4.74 Å². The Kier molecular flexibility index (Phi) is 3.89. The zero-order valence-corrected chi connectivity index (χ0v) is 11.3. The Balaban J connectivity index is 1.60. The Morgan fingerprint density at radius 2 is 2.20 bits per heavy atom. The van der Waals surface area contributed by atoms with Gasteiger partial charge in [-0.3, -0.25) is 4.90 Å². The number of hydrogen-bond acceptors (Lipinski definition) is 4. The summed E-state index contributed by atoms with van der Waals surface area (Å²) in [6.45, 7) is 3.09. The quantitative estimate of drug-likeness (QED) is 0.907. The molecule has 2 aliphatic heterocycles. The highest BCUT2D eigenvalue weighted by Gasteiger charge is 2.31. The molecule has 1 N–H and O–H groups in total. The first-order valence-electron chi connectivity index (χ1n) is 7.03. The molecule has 3 rings (SSSR count). The summed E-state index contributed by atoms with van der Waals surface area (Å²) in [6, 6.07) is 8.05. The number of aliphatic carboxylic acids is 1. The lowest BCUT2D eigenvalue weighted by Gasteiger charge is -2.23. The largest absolute Gasteiger partial charge is 0.492 e. The van der Waals surface area contributed by atoms with Gasteiger partial charge in [-0.05, 0) is 18.9 Å². The van der Waals surface area contributed by atoms with Crippen LogP contribution in [-0.4, -0.2) is 47.9 Å². The molecule has 108 valence electrons. The molecule has 0 saturated carbocycles. The van der Waals surface area contributed by atoms with Gasteiger partial charge in [0, 0.05) is 25.2 Å². The van der Waals surface area contributed by atoms with E-state index in [2.05, 4.69) is 11.0 Å². The zero-order chi connectivity index (χ0) is 13.9. The number of carbonyl (C=O) groups is 1. The number of nitrogens with zero attached hydrogens (tertiary/aromatic N) is 1. The summed E-state index contributed by atoms with van der Waals surface area (Å²) >= 11 is 0. The van der Waals surface area contributed by atoms with Gasteiger partial charge in [-0.15, -0.1) is 0 Å². The highest BCUT2D eigenvalue weighted by Crippen LogP contribution is 2.25. The summed E-state index contributed by atoms with van der Waals surface area (Å²) < 4.78 is 11.3. The molecule has 5 heteroatoms. The molecule has 0 amide bonds. The lowest BCUT2D eigenvalue weighted by molar-refractivity contribution is -0.149. The van der Waals surface area contributed by atoms with Crippen molar-refractivity contribution < 1.29 is 19.4 Å². The molecule has 0 bridgehead atoms. The van der Waals surface area contributed by atoms with Gasteiger partial charge >= 0.3 is 5.97 Å². The Morgan fingerprint density at radius 3 is 3.00 bits per heavy atom. The third-order valence-corrected chi connectivity index (χ3v) is 3.88. The molecule has 2 unspecified atom stereocenters. The summed E-state index contributed by atoms with van der Waals surface area (Å²) in [7, 11) is 0.